The van der Waals surface area contributed by atoms with Crippen LogP contribution in [0.15, 0.2) is 24.3 Å². The molecule has 0 aliphatic carbocycles. The lowest BCUT2D eigenvalue weighted by molar-refractivity contribution is -0.122. The third-order valence-electron chi connectivity index (χ3n) is 3.89. The number of amides is 2. The van der Waals surface area contributed by atoms with Crippen molar-refractivity contribution in [2.45, 2.75) is 31.9 Å². The molecule has 1 fully saturated rings. The third-order valence-corrected chi connectivity index (χ3v) is 3.89. The van der Waals surface area contributed by atoms with Crippen LogP contribution in [-0.2, 0) is 9.53 Å². The number of nitrogens with two attached hydrogens (primary N) is 1. The standard InChI is InChI=1S/C15H21N3O3/c1-10-15(2,7-8-21-10)18-13(19)9-17-14(20)11-3-5-12(16)6-4-11/h3-6,10H,7-9,16H2,1-2H3,(H,17,20)(H,18,19). The van der Waals surface area contributed by atoms with E-state index in [4.69, 9.17) is 10.5 Å². The topological polar surface area (TPSA) is 93.5 Å². The quantitative estimate of drug-likeness (QED) is 0.711. The normalized spacial score (nSPS) is 24.6. The molecule has 1 aliphatic heterocycles. The number of hydrogen-bond donors (Lipinski definition) is 3. The number of anilines is 1. The van der Waals surface area contributed by atoms with E-state index in [2.05, 4.69) is 10.6 Å². The van der Waals surface area contributed by atoms with E-state index in [1.807, 2.05) is 13.8 Å². The summed E-state index contributed by atoms with van der Waals surface area (Å²) in [4.78, 5) is 23.8. The molecular formula is C15H21N3O3. The number of benzene rings is 1. The second-order valence-electron chi connectivity index (χ2n) is 5.53. The summed E-state index contributed by atoms with van der Waals surface area (Å²) < 4.78 is 5.46. The van der Waals surface area contributed by atoms with E-state index in [1.54, 1.807) is 24.3 Å². The number of carbonyl (C=O) groups is 2. The molecule has 2 unspecified atom stereocenters. The van der Waals surface area contributed by atoms with E-state index in [-0.39, 0.29) is 30.0 Å². The van der Waals surface area contributed by atoms with E-state index in [1.165, 1.54) is 0 Å². The zero-order valence-corrected chi connectivity index (χ0v) is 12.3. The summed E-state index contributed by atoms with van der Waals surface area (Å²) in [7, 11) is 0. The van der Waals surface area contributed by atoms with E-state index in [0.717, 1.165) is 6.42 Å². The third kappa shape index (κ3) is 3.72. The van der Waals surface area contributed by atoms with Gasteiger partial charge in [0.05, 0.1) is 18.2 Å². The first-order valence-electron chi connectivity index (χ1n) is 6.97. The summed E-state index contributed by atoms with van der Waals surface area (Å²) in [6.45, 7) is 4.45. The van der Waals surface area contributed by atoms with Crippen LogP contribution < -0.4 is 16.4 Å². The van der Waals surface area contributed by atoms with Crippen molar-refractivity contribution in [2.75, 3.05) is 18.9 Å². The van der Waals surface area contributed by atoms with Gasteiger partial charge in [-0.05, 0) is 44.5 Å². The van der Waals surface area contributed by atoms with Crippen LogP contribution in [0.3, 0.4) is 0 Å². The Morgan fingerprint density at radius 1 is 1.38 bits per heavy atom. The molecule has 0 bridgehead atoms. The Morgan fingerprint density at radius 3 is 2.62 bits per heavy atom. The summed E-state index contributed by atoms with van der Waals surface area (Å²) in [5.41, 5.74) is 6.25. The fourth-order valence-electron chi connectivity index (χ4n) is 2.26. The maximum absolute atomic E-state index is 11.9. The van der Waals surface area contributed by atoms with Crippen LogP contribution in [0.4, 0.5) is 5.69 Å². The number of nitrogens with one attached hydrogen (secondary N) is 2. The van der Waals surface area contributed by atoms with Crippen molar-refractivity contribution >= 4 is 17.5 Å². The van der Waals surface area contributed by atoms with Gasteiger partial charge in [-0.3, -0.25) is 9.59 Å². The van der Waals surface area contributed by atoms with Gasteiger partial charge in [-0.2, -0.15) is 0 Å². The molecule has 4 N–H and O–H groups in total. The van der Waals surface area contributed by atoms with Crippen LogP contribution in [0.5, 0.6) is 0 Å². The first kappa shape index (κ1) is 15.3. The van der Waals surface area contributed by atoms with Crippen LogP contribution in [0.2, 0.25) is 0 Å². The average molecular weight is 291 g/mol. The number of carbonyl (C=O) groups excluding carboxylic acids is 2. The summed E-state index contributed by atoms with van der Waals surface area (Å²) in [5, 5.41) is 5.51. The second kappa shape index (κ2) is 6.13. The van der Waals surface area contributed by atoms with Gasteiger partial charge in [0.25, 0.3) is 5.91 Å². The van der Waals surface area contributed by atoms with Crippen LogP contribution in [0.1, 0.15) is 30.6 Å². The van der Waals surface area contributed by atoms with E-state index in [0.29, 0.717) is 17.9 Å². The van der Waals surface area contributed by atoms with Gasteiger partial charge < -0.3 is 21.1 Å². The summed E-state index contributed by atoms with van der Waals surface area (Å²) >= 11 is 0. The molecule has 0 aromatic heterocycles. The van der Waals surface area contributed by atoms with Crippen molar-refractivity contribution in [2.24, 2.45) is 0 Å². The summed E-state index contributed by atoms with van der Waals surface area (Å²) in [5.74, 6) is -0.523. The molecule has 0 spiro atoms. The number of hydrogen-bond acceptors (Lipinski definition) is 4. The minimum atomic E-state index is -0.372. The fraction of sp³-hybridized carbons (Fsp3) is 0.467. The molecule has 6 heteroatoms. The van der Waals surface area contributed by atoms with Crippen molar-refractivity contribution in [1.29, 1.82) is 0 Å². The van der Waals surface area contributed by atoms with Gasteiger partial charge in [0, 0.05) is 17.9 Å². The lowest BCUT2D eigenvalue weighted by atomic mass is 9.95. The van der Waals surface area contributed by atoms with Gasteiger partial charge in [0.1, 0.15) is 0 Å². The predicted molar refractivity (Wildman–Crippen MR) is 79.8 cm³/mol. The minimum Gasteiger partial charge on any atom is -0.399 e. The summed E-state index contributed by atoms with van der Waals surface area (Å²) in [6, 6.07) is 6.54. The maximum atomic E-state index is 11.9. The van der Waals surface area contributed by atoms with Crippen LogP contribution in [0, 0.1) is 0 Å². The highest BCUT2D eigenvalue weighted by atomic mass is 16.5. The fourth-order valence-corrected chi connectivity index (χ4v) is 2.26. The molecular weight excluding hydrogens is 270 g/mol. The number of nitrogen functional groups attached to an aromatic ring is 1. The Balaban J connectivity index is 1.84. The van der Waals surface area contributed by atoms with E-state index < -0.39 is 0 Å². The molecule has 1 saturated heterocycles. The van der Waals surface area contributed by atoms with Crippen LogP contribution in [0.25, 0.3) is 0 Å². The van der Waals surface area contributed by atoms with Crippen molar-refractivity contribution < 1.29 is 14.3 Å². The van der Waals surface area contributed by atoms with Gasteiger partial charge in [-0.1, -0.05) is 0 Å². The smallest absolute Gasteiger partial charge is 0.251 e. The summed E-state index contributed by atoms with van der Waals surface area (Å²) in [6.07, 6.45) is 0.737. The molecule has 2 atom stereocenters. The van der Waals surface area contributed by atoms with Crippen LogP contribution in [-0.4, -0.2) is 36.6 Å². The zero-order chi connectivity index (χ0) is 15.5. The lowest BCUT2D eigenvalue weighted by Gasteiger charge is -2.28. The molecule has 6 nitrogen and oxygen atoms in total. The van der Waals surface area contributed by atoms with Gasteiger partial charge >= 0.3 is 0 Å². The monoisotopic (exact) mass is 291 g/mol. The van der Waals surface area contributed by atoms with Gasteiger partial charge in [0.15, 0.2) is 0 Å². The Morgan fingerprint density at radius 2 is 2.05 bits per heavy atom. The molecule has 1 aromatic carbocycles. The Hall–Kier alpha value is -2.08. The number of ether oxygens (including phenoxy) is 1. The lowest BCUT2D eigenvalue weighted by Crippen LogP contribution is -2.53. The highest BCUT2D eigenvalue weighted by Crippen LogP contribution is 2.24. The molecule has 2 rings (SSSR count). The van der Waals surface area contributed by atoms with Gasteiger partial charge in [-0.25, -0.2) is 0 Å². The highest BCUT2D eigenvalue weighted by molar-refractivity contribution is 5.96. The first-order valence-corrected chi connectivity index (χ1v) is 6.97. The molecule has 21 heavy (non-hydrogen) atoms. The first-order chi connectivity index (χ1) is 9.90. The molecule has 0 radical (unpaired) electrons. The molecule has 1 heterocycles. The molecule has 1 aliphatic rings. The van der Waals surface area contributed by atoms with Crippen molar-refractivity contribution in [3.8, 4) is 0 Å². The second-order valence-corrected chi connectivity index (χ2v) is 5.53. The largest absolute Gasteiger partial charge is 0.399 e. The van der Waals surface area contributed by atoms with Crippen molar-refractivity contribution in [1.82, 2.24) is 10.6 Å². The van der Waals surface area contributed by atoms with Crippen molar-refractivity contribution in [3.05, 3.63) is 29.8 Å². The predicted octanol–water partition coefficient (Wildman–Crippen LogP) is 0.682. The highest BCUT2D eigenvalue weighted by Gasteiger charge is 2.38. The molecule has 1 aromatic rings. The molecule has 2 amide bonds. The molecule has 114 valence electrons. The Labute approximate surface area is 124 Å². The van der Waals surface area contributed by atoms with Crippen molar-refractivity contribution in [3.63, 3.8) is 0 Å². The average Bonchev–Trinajstić information content (AvgIpc) is 2.76. The van der Waals surface area contributed by atoms with Crippen LogP contribution >= 0.6 is 0 Å². The maximum Gasteiger partial charge on any atom is 0.251 e. The molecule has 0 saturated carbocycles. The SMILES string of the molecule is CC1OCCC1(C)NC(=O)CNC(=O)c1ccc(N)cc1. The van der Waals surface area contributed by atoms with E-state index >= 15 is 0 Å². The van der Waals surface area contributed by atoms with Gasteiger partial charge in [0.2, 0.25) is 5.91 Å². The Bertz CT molecular complexity index is 529. The Kier molecular flexibility index (Phi) is 4.47. The minimum absolute atomic E-state index is 0.0331. The number of rotatable bonds is 4. The van der Waals surface area contributed by atoms with E-state index in [9.17, 15) is 9.59 Å². The van der Waals surface area contributed by atoms with Gasteiger partial charge in [-0.15, -0.1) is 0 Å². The zero-order valence-electron chi connectivity index (χ0n) is 12.3.